The molecule has 2 heteroatoms. The molecule has 0 bridgehead atoms. The van der Waals surface area contributed by atoms with Crippen LogP contribution in [0.25, 0.3) is 0 Å². The lowest BCUT2D eigenvalue weighted by molar-refractivity contribution is 0.190. The zero-order valence-corrected chi connectivity index (χ0v) is 13.6. The van der Waals surface area contributed by atoms with Crippen LogP contribution < -0.4 is 0 Å². The number of rotatable bonds is 9. The molecule has 0 aliphatic carbocycles. The molecule has 1 aliphatic heterocycles. The lowest BCUT2D eigenvalue weighted by atomic mass is 10.1. The summed E-state index contributed by atoms with van der Waals surface area (Å²) in [6, 6.07) is 0.837. The van der Waals surface area contributed by atoms with Crippen molar-refractivity contribution in [2.24, 2.45) is 0 Å². The summed E-state index contributed by atoms with van der Waals surface area (Å²) in [5.41, 5.74) is 0. The van der Waals surface area contributed by atoms with Crippen molar-refractivity contribution in [3.05, 3.63) is 0 Å². The van der Waals surface area contributed by atoms with Crippen LogP contribution in [0.15, 0.2) is 0 Å². The minimum absolute atomic E-state index is 0.837. The molecule has 108 valence electrons. The fraction of sp³-hybridized carbons (Fsp3) is 1.00. The molecule has 1 nitrogen and oxygen atoms in total. The summed E-state index contributed by atoms with van der Waals surface area (Å²) in [5.74, 6) is 1.34. The Bertz CT molecular complexity index is 196. The average Bonchev–Trinajstić information content (AvgIpc) is 2.38. The van der Waals surface area contributed by atoms with Gasteiger partial charge in [0.25, 0.3) is 0 Å². The SMILES string of the molecule is CCCCCCCCCN1CCSC(C)C1CC. The molecule has 0 aromatic carbocycles. The molecule has 1 fully saturated rings. The molecular formula is C16H33NS. The molecule has 0 saturated carbocycles. The summed E-state index contributed by atoms with van der Waals surface area (Å²) < 4.78 is 0. The Morgan fingerprint density at radius 1 is 1.00 bits per heavy atom. The van der Waals surface area contributed by atoms with E-state index in [9.17, 15) is 0 Å². The van der Waals surface area contributed by atoms with Gasteiger partial charge in [-0.25, -0.2) is 0 Å². The largest absolute Gasteiger partial charge is 0.298 e. The second-order valence-electron chi connectivity index (χ2n) is 5.71. The van der Waals surface area contributed by atoms with Crippen molar-refractivity contribution in [1.82, 2.24) is 4.90 Å². The van der Waals surface area contributed by atoms with Gasteiger partial charge in [-0.05, 0) is 19.4 Å². The maximum Gasteiger partial charge on any atom is 0.0209 e. The summed E-state index contributed by atoms with van der Waals surface area (Å²) >= 11 is 2.17. The van der Waals surface area contributed by atoms with Gasteiger partial charge in [-0.1, -0.05) is 59.3 Å². The van der Waals surface area contributed by atoms with Gasteiger partial charge in [0.2, 0.25) is 0 Å². The number of thioether (sulfide) groups is 1. The van der Waals surface area contributed by atoms with Crippen LogP contribution in [-0.4, -0.2) is 35.0 Å². The monoisotopic (exact) mass is 271 g/mol. The van der Waals surface area contributed by atoms with E-state index in [-0.39, 0.29) is 0 Å². The standard InChI is InChI=1S/C16H33NS/c1-4-6-7-8-9-10-11-12-17-13-14-18-15(3)16(17)5-2/h15-16H,4-14H2,1-3H3. The highest BCUT2D eigenvalue weighted by atomic mass is 32.2. The third-order valence-electron chi connectivity index (χ3n) is 4.24. The van der Waals surface area contributed by atoms with Crippen molar-refractivity contribution < 1.29 is 0 Å². The first-order chi connectivity index (χ1) is 8.79. The van der Waals surface area contributed by atoms with Gasteiger partial charge < -0.3 is 0 Å². The first kappa shape index (κ1) is 16.4. The van der Waals surface area contributed by atoms with Crippen LogP contribution in [0.1, 0.15) is 72.1 Å². The lowest BCUT2D eigenvalue weighted by Gasteiger charge is -2.39. The van der Waals surface area contributed by atoms with Crippen molar-refractivity contribution in [3.8, 4) is 0 Å². The molecular weight excluding hydrogens is 238 g/mol. The molecule has 0 radical (unpaired) electrons. The molecule has 2 unspecified atom stereocenters. The predicted molar refractivity (Wildman–Crippen MR) is 85.6 cm³/mol. The second kappa shape index (κ2) is 10.1. The number of nitrogens with zero attached hydrogens (tertiary/aromatic N) is 1. The summed E-state index contributed by atoms with van der Waals surface area (Å²) in [6.45, 7) is 9.72. The third-order valence-corrected chi connectivity index (χ3v) is 5.50. The quantitative estimate of drug-likeness (QED) is 0.546. The van der Waals surface area contributed by atoms with E-state index < -0.39 is 0 Å². The van der Waals surface area contributed by atoms with Crippen LogP contribution in [0.4, 0.5) is 0 Å². The van der Waals surface area contributed by atoms with Gasteiger partial charge in [-0.3, -0.25) is 4.90 Å². The number of unbranched alkanes of at least 4 members (excludes halogenated alkanes) is 6. The molecule has 0 aromatic heterocycles. The minimum Gasteiger partial charge on any atom is -0.298 e. The maximum atomic E-state index is 2.76. The van der Waals surface area contributed by atoms with E-state index >= 15 is 0 Å². The molecule has 1 rings (SSSR count). The fourth-order valence-corrected chi connectivity index (χ4v) is 4.37. The molecule has 1 heterocycles. The van der Waals surface area contributed by atoms with E-state index in [4.69, 9.17) is 0 Å². The van der Waals surface area contributed by atoms with Gasteiger partial charge in [0.05, 0.1) is 0 Å². The normalized spacial score (nSPS) is 25.5. The van der Waals surface area contributed by atoms with E-state index in [0.717, 1.165) is 11.3 Å². The van der Waals surface area contributed by atoms with Crippen molar-refractivity contribution in [3.63, 3.8) is 0 Å². The van der Waals surface area contributed by atoms with Crippen LogP contribution in [0.3, 0.4) is 0 Å². The first-order valence-electron chi connectivity index (χ1n) is 8.15. The zero-order chi connectivity index (χ0) is 13.2. The van der Waals surface area contributed by atoms with E-state index in [1.807, 2.05) is 0 Å². The van der Waals surface area contributed by atoms with Crippen molar-refractivity contribution >= 4 is 11.8 Å². The summed E-state index contributed by atoms with van der Waals surface area (Å²) in [6.07, 6.45) is 11.3. The highest BCUT2D eigenvalue weighted by Crippen LogP contribution is 2.26. The van der Waals surface area contributed by atoms with Crippen LogP contribution in [-0.2, 0) is 0 Å². The van der Waals surface area contributed by atoms with E-state index in [1.165, 1.54) is 70.2 Å². The second-order valence-corrected chi connectivity index (χ2v) is 7.19. The average molecular weight is 272 g/mol. The highest BCUT2D eigenvalue weighted by molar-refractivity contribution is 8.00. The van der Waals surface area contributed by atoms with E-state index in [0.29, 0.717) is 0 Å². The third kappa shape index (κ3) is 5.97. The van der Waals surface area contributed by atoms with Crippen molar-refractivity contribution in [2.45, 2.75) is 83.4 Å². The number of hydrogen-bond donors (Lipinski definition) is 0. The highest BCUT2D eigenvalue weighted by Gasteiger charge is 2.26. The zero-order valence-electron chi connectivity index (χ0n) is 12.8. The molecule has 2 atom stereocenters. The van der Waals surface area contributed by atoms with Crippen LogP contribution in [0.2, 0.25) is 0 Å². The van der Waals surface area contributed by atoms with Crippen molar-refractivity contribution in [2.75, 3.05) is 18.8 Å². The summed E-state index contributed by atoms with van der Waals surface area (Å²) in [4.78, 5) is 2.76. The van der Waals surface area contributed by atoms with Gasteiger partial charge in [0.15, 0.2) is 0 Å². The molecule has 0 N–H and O–H groups in total. The van der Waals surface area contributed by atoms with Crippen LogP contribution in [0, 0.1) is 0 Å². The summed E-state index contributed by atoms with van der Waals surface area (Å²) in [7, 11) is 0. The minimum atomic E-state index is 0.837. The Labute approximate surface area is 119 Å². The molecule has 0 amide bonds. The smallest absolute Gasteiger partial charge is 0.0209 e. The number of hydrogen-bond acceptors (Lipinski definition) is 2. The van der Waals surface area contributed by atoms with Crippen LogP contribution in [0.5, 0.6) is 0 Å². The Balaban J connectivity index is 2.06. The Hall–Kier alpha value is 0.310. The topological polar surface area (TPSA) is 3.24 Å². The predicted octanol–water partition coefficient (Wildman–Crippen LogP) is 4.95. The molecule has 1 saturated heterocycles. The maximum absolute atomic E-state index is 2.76. The van der Waals surface area contributed by atoms with Gasteiger partial charge in [-0.2, -0.15) is 11.8 Å². The Morgan fingerprint density at radius 2 is 1.67 bits per heavy atom. The van der Waals surface area contributed by atoms with Gasteiger partial charge in [0, 0.05) is 23.6 Å². The molecule has 18 heavy (non-hydrogen) atoms. The van der Waals surface area contributed by atoms with Crippen LogP contribution >= 0.6 is 11.8 Å². The van der Waals surface area contributed by atoms with Gasteiger partial charge in [0.1, 0.15) is 0 Å². The Kier molecular flexibility index (Phi) is 9.22. The molecule has 0 spiro atoms. The summed E-state index contributed by atoms with van der Waals surface area (Å²) in [5, 5.41) is 0.841. The van der Waals surface area contributed by atoms with Crippen molar-refractivity contribution in [1.29, 1.82) is 0 Å². The molecule has 1 aliphatic rings. The van der Waals surface area contributed by atoms with E-state index in [1.54, 1.807) is 0 Å². The Morgan fingerprint density at radius 3 is 2.33 bits per heavy atom. The fourth-order valence-electron chi connectivity index (χ4n) is 3.07. The lowest BCUT2D eigenvalue weighted by Crippen LogP contribution is -2.46. The van der Waals surface area contributed by atoms with Gasteiger partial charge >= 0.3 is 0 Å². The first-order valence-corrected chi connectivity index (χ1v) is 9.20. The van der Waals surface area contributed by atoms with Gasteiger partial charge in [-0.15, -0.1) is 0 Å². The molecule has 0 aromatic rings. The van der Waals surface area contributed by atoms with E-state index in [2.05, 4.69) is 37.4 Å².